The zero-order valence-electron chi connectivity index (χ0n) is 19.2. The summed E-state index contributed by atoms with van der Waals surface area (Å²) >= 11 is 1.55. The first-order chi connectivity index (χ1) is 15.8. The molecule has 1 fully saturated rings. The zero-order valence-corrected chi connectivity index (χ0v) is 20.8. The lowest BCUT2D eigenvalue weighted by Gasteiger charge is -2.34. The van der Waals surface area contributed by atoms with Crippen LogP contribution in [0.1, 0.15) is 61.4 Å². The molecule has 2 N–H and O–H groups in total. The highest BCUT2D eigenvalue weighted by Crippen LogP contribution is 2.50. The molecule has 0 saturated heterocycles. The summed E-state index contributed by atoms with van der Waals surface area (Å²) in [6.07, 6.45) is 8.14. The number of allylic oxidation sites excluding steroid dienone is 1. The second kappa shape index (κ2) is 9.43. The lowest BCUT2D eigenvalue weighted by molar-refractivity contribution is 0.0982. The van der Waals surface area contributed by atoms with E-state index >= 15 is 0 Å². The number of benzene rings is 2. The molecule has 33 heavy (non-hydrogen) atoms. The van der Waals surface area contributed by atoms with Gasteiger partial charge in [-0.2, -0.15) is 0 Å². The second-order valence-corrected chi connectivity index (χ2v) is 11.2. The maximum Gasteiger partial charge on any atom is 0.261 e. The van der Waals surface area contributed by atoms with Gasteiger partial charge in [-0.05, 0) is 61.2 Å². The predicted octanol–water partition coefficient (Wildman–Crippen LogP) is 5.44. The number of sulfonamides is 1. The van der Waals surface area contributed by atoms with Gasteiger partial charge in [-0.25, -0.2) is 8.42 Å². The quantitative estimate of drug-likeness (QED) is 0.511. The van der Waals surface area contributed by atoms with Gasteiger partial charge in [0, 0.05) is 40.9 Å². The summed E-state index contributed by atoms with van der Waals surface area (Å²) in [6.45, 7) is 6.19. The lowest BCUT2D eigenvalue weighted by atomic mass is 9.70. The van der Waals surface area contributed by atoms with E-state index < -0.39 is 10.0 Å². The molecule has 2 aromatic carbocycles. The minimum absolute atomic E-state index is 0.0382. The Morgan fingerprint density at radius 1 is 1.15 bits per heavy atom. The number of rotatable bonds is 7. The van der Waals surface area contributed by atoms with Crippen molar-refractivity contribution in [3.05, 3.63) is 65.9 Å². The molecule has 1 spiro atoms. The van der Waals surface area contributed by atoms with E-state index in [0.717, 1.165) is 37.1 Å². The maximum atomic E-state index is 13.7. The normalized spacial score (nSPS) is 17.0. The average Bonchev–Trinajstić information content (AvgIpc) is 3.12. The Hall–Kier alpha value is -2.45. The largest absolute Gasteiger partial charge is 0.330 e. The number of fused-ring (bicyclic) bond motifs is 2. The van der Waals surface area contributed by atoms with Crippen molar-refractivity contribution >= 4 is 39.3 Å². The average molecular weight is 486 g/mol. The third kappa shape index (κ3) is 4.64. The fourth-order valence-corrected chi connectivity index (χ4v) is 6.51. The number of hydrogen-bond acceptors (Lipinski definition) is 5. The van der Waals surface area contributed by atoms with Gasteiger partial charge >= 0.3 is 0 Å². The summed E-state index contributed by atoms with van der Waals surface area (Å²) in [7, 11) is -3.78. The van der Waals surface area contributed by atoms with Gasteiger partial charge < -0.3 is 9.62 Å². The van der Waals surface area contributed by atoms with E-state index in [1.165, 1.54) is 24.1 Å². The van der Waals surface area contributed by atoms with Crippen molar-refractivity contribution in [2.75, 3.05) is 22.4 Å². The summed E-state index contributed by atoms with van der Waals surface area (Å²) in [6, 6.07) is 12.5. The van der Waals surface area contributed by atoms with E-state index in [1.54, 1.807) is 24.1 Å². The number of anilines is 2. The number of carbonyl (C=O) groups excluding carboxylic acids is 1. The molecule has 176 valence electrons. The van der Waals surface area contributed by atoms with E-state index in [4.69, 9.17) is 0 Å². The van der Waals surface area contributed by atoms with E-state index in [1.807, 2.05) is 30.2 Å². The van der Waals surface area contributed by atoms with E-state index in [2.05, 4.69) is 22.1 Å². The fourth-order valence-electron chi connectivity index (χ4n) is 4.96. The standard InChI is InChI=1S/C25H31N3O3S2/c1-4-18(2)27-33(30,31)21-10-8-9-19(15-21)24(29)28-17-25(13-6-5-7-14-25)22-16-20(26-32-3)11-12-23(22)28/h8-12,15-16,26-27H,2,4-7,13-14,17H2,1,3H3. The number of hydrogen-bond donors (Lipinski definition) is 2. The van der Waals surface area contributed by atoms with Crippen molar-refractivity contribution in [1.82, 2.24) is 4.72 Å². The molecule has 1 amide bonds. The van der Waals surface area contributed by atoms with Crippen molar-refractivity contribution in [2.45, 2.75) is 55.8 Å². The minimum Gasteiger partial charge on any atom is -0.330 e. The van der Waals surface area contributed by atoms with Gasteiger partial charge in [0.1, 0.15) is 0 Å². The van der Waals surface area contributed by atoms with Gasteiger partial charge in [0.05, 0.1) is 4.90 Å². The number of nitrogens with zero attached hydrogens (tertiary/aromatic N) is 1. The summed E-state index contributed by atoms with van der Waals surface area (Å²) in [4.78, 5) is 15.6. The Bertz CT molecular complexity index is 1170. The Morgan fingerprint density at radius 2 is 1.91 bits per heavy atom. The van der Waals surface area contributed by atoms with Crippen molar-refractivity contribution in [3.8, 4) is 0 Å². The highest BCUT2D eigenvalue weighted by atomic mass is 32.2. The molecular formula is C25H31N3O3S2. The molecule has 0 bridgehead atoms. The lowest BCUT2D eigenvalue weighted by Crippen LogP contribution is -2.38. The molecule has 0 radical (unpaired) electrons. The SMILES string of the molecule is C=C(CC)NS(=O)(=O)c1cccc(C(=O)N2CC3(CCCCC3)c3cc(NSC)ccc32)c1. The van der Waals surface area contributed by atoms with Crippen LogP contribution in [0.25, 0.3) is 0 Å². The molecular weight excluding hydrogens is 454 g/mol. The maximum absolute atomic E-state index is 13.7. The molecule has 1 saturated carbocycles. The Kier molecular flexibility index (Phi) is 6.77. The van der Waals surface area contributed by atoms with Crippen molar-refractivity contribution in [1.29, 1.82) is 0 Å². The smallest absolute Gasteiger partial charge is 0.261 e. The van der Waals surface area contributed by atoms with Gasteiger partial charge in [-0.1, -0.05) is 50.8 Å². The van der Waals surface area contributed by atoms with Crippen molar-refractivity contribution in [2.24, 2.45) is 0 Å². The molecule has 0 aromatic heterocycles. The molecule has 6 nitrogen and oxygen atoms in total. The molecule has 8 heteroatoms. The van der Waals surface area contributed by atoms with Crippen molar-refractivity contribution < 1.29 is 13.2 Å². The van der Waals surface area contributed by atoms with Crippen LogP contribution >= 0.6 is 11.9 Å². The number of amides is 1. The van der Waals surface area contributed by atoms with Crippen LogP contribution in [0.4, 0.5) is 11.4 Å². The van der Waals surface area contributed by atoms with Crippen LogP contribution in [-0.4, -0.2) is 27.1 Å². The number of nitrogens with one attached hydrogen (secondary N) is 2. The van der Waals surface area contributed by atoms with Crippen LogP contribution in [0.15, 0.2) is 59.6 Å². The van der Waals surface area contributed by atoms with E-state index in [9.17, 15) is 13.2 Å². The van der Waals surface area contributed by atoms with Crippen LogP contribution in [0.3, 0.4) is 0 Å². The first kappa shape index (κ1) is 23.7. The van der Waals surface area contributed by atoms with Gasteiger partial charge in [0.25, 0.3) is 15.9 Å². The molecule has 0 unspecified atom stereocenters. The number of carbonyl (C=O) groups is 1. The summed E-state index contributed by atoms with van der Waals surface area (Å²) in [5.74, 6) is -0.171. The Morgan fingerprint density at radius 3 is 2.61 bits per heavy atom. The highest BCUT2D eigenvalue weighted by molar-refractivity contribution is 7.99. The Labute approximate surface area is 201 Å². The summed E-state index contributed by atoms with van der Waals surface area (Å²) in [5.41, 5.74) is 3.93. The topological polar surface area (TPSA) is 78.5 Å². The van der Waals surface area contributed by atoms with Gasteiger partial charge in [-0.15, -0.1) is 0 Å². The molecule has 1 aliphatic heterocycles. The first-order valence-electron chi connectivity index (χ1n) is 11.4. The van der Waals surface area contributed by atoms with Crippen LogP contribution in [-0.2, 0) is 15.4 Å². The highest BCUT2D eigenvalue weighted by Gasteiger charge is 2.45. The first-order valence-corrected chi connectivity index (χ1v) is 14.1. The molecule has 1 aliphatic carbocycles. The van der Waals surface area contributed by atoms with Crippen LogP contribution in [0.5, 0.6) is 0 Å². The fraction of sp³-hybridized carbons (Fsp3) is 0.400. The van der Waals surface area contributed by atoms with Gasteiger partial charge in [0.2, 0.25) is 0 Å². The van der Waals surface area contributed by atoms with Gasteiger partial charge in [0.15, 0.2) is 0 Å². The summed E-state index contributed by atoms with van der Waals surface area (Å²) in [5, 5.41) is 0. The molecule has 1 heterocycles. The summed E-state index contributed by atoms with van der Waals surface area (Å²) < 4.78 is 31.3. The van der Waals surface area contributed by atoms with Crippen molar-refractivity contribution in [3.63, 3.8) is 0 Å². The van der Waals surface area contributed by atoms with Crippen LogP contribution in [0, 0.1) is 0 Å². The molecule has 0 atom stereocenters. The molecule has 2 aliphatic rings. The van der Waals surface area contributed by atoms with E-state index in [-0.39, 0.29) is 16.2 Å². The molecule has 4 rings (SSSR count). The third-order valence-corrected chi connectivity index (χ3v) is 8.56. The van der Waals surface area contributed by atoms with Gasteiger partial charge in [-0.3, -0.25) is 9.52 Å². The van der Waals surface area contributed by atoms with Crippen LogP contribution < -0.4 is 14.3 Å². The predicted molar refractivity (Wildman–Crippen MR) is 136 cm³/mol. The third-order valence-electron chi connectivity index (χ3n) is 6.69. The van der Waals surface area contributed by atoms with Crippen LogP contribution in [0.2, 0.25) is 0 Å². The zero-order chi connectivity index (χ0) is 23.6. The van der Waals surface area contributed by atoms with E-state index in [0.29, 0.717) is 24.2 Å². The monoisotopic (exact) mass is 485 g/mol. The minimum atomic E-state index is -3.78. The second-order valence-electron chi connectivity index (χ2n) is 8.86. The Balaban J connectivity index is 1.69. The molecule has 2 aromatic rings.